The average Bonchev–Trinajstić information content (AvgIpc) is 2.27. The van der Waals surface area contributed by atoms with Crippen molar-refractivity contribution in [1.82, 2.24) is 15.3 Å². The summed E-state index contributed by atoms with van der Waals surface area (Å²) in [5.74, 6) is 0.895. The van der Waals surface area contributed by atoms with Gasteiger partial charge in [-0.15, -0.1) is 0 Å². The van der Waals surface area contributed by atoms with Crippen LogP contribution in [0.15, 0.2) is 6.33 Å². The highest BCUT2D eigenvalue weighted by molar-refractivity contribution is 5.44. The second-order valence-electron chi connectivity index (χ2n) is 3.54. The molecule has 0 aliphatic carbocycles. The lowest BCUT2D eigenvalue weighted by Crippen LogP contribution is -2.27. The van der Waals surface area contributed by atoms with Crippen LogP contribution < -0.4 is 15.8 Å². The lowest BCUT2D eigenvalue weighted by atomic mass is 10.2. The molecule has 6 nitrogen and oxygen atoms in total. The van der Waals surface area contributed by atoms with E-state index in [0.29, 0.717) is 24.7 Å². The predicted octanol–water partition coefficient (Wildman–Crippen LogP) is -0.0721. The first kappa shape index (κ1) is 12.7. The Morgan fingerprint density at radius 1 is 1.56 bits per heavy atom. The molecule has 1 aromatic heterocycles. The smallest absolute Gasteiger partial charge is 0.222 e. The van der Waals surface area contributed by atoms with E-state index in [0.717, 1.165) is 5.56 Å². The number of nitrogens with zero attached hydrogens (tertiary/aromatic N) is 2. The Morgan fingerprint density at radius 2 is 2.31 bits per heavy atom. The summed E-state index contributed by atoms with van der Waals surface area (Å²) in [5, 5.41) is 12.0. The minimum absolute atomic E-state index is 0.159. The van der Waals surface area contributed by atoms with Gasteiger partial charge in [0, 0.05) is 19.2 Å². The van der Waals surface area contributed by atoms with Gasteiger partial charge in [-0.1, -0.05) is 0 Å². The van der Waals surface area contributed by atoms with Crippen molar-refractivity contribution in [2.45, 2.75) is 25.9 Å². The Balaban J connectivity index is 2.65. The highest BCUT2D eigenvalue weighted by Gasteiger charge is 2.10. The molecule has 0 radical (unpaired) electrons. The van der Waals surface area contributed by atoms with E-state index in [2.05, 4.69) is 15.3 Å². The molecule has 0 bridgehead atoms. The van der Waals surface area contributed by atoms with Gasteiger partial charge in [-0.3, -0.25) is 0 Å². The average molecular weight is 226 g/mol. The zero-order valence-electron chi connectivity index (χ0n) is 9.60. The molecule has 0 aliphatic rings. The van der Waals surface area contributed by atoms with Crippen molar-refractivity contribution < 1.29 is 9.84 Å². The standard InChI is InChI=1S/C10H18N4O2/c1-7(3-4-15)12-5-8-9(11)13-6-14-10(8)16-2/h6-7,12,15H,3-5H2,1-2H3,(H2,11,13,14)/t7-/m1/s1. The van der Waals surface area contributed by atoms with Crippen molar-refractivity contribution >= 4 is 5.82 Å². The third kappa shape index (κ3) is 3.32. The second kappa shape index (κ2) is 6.24. The molecular formula is C10H18N4O2. The Kier molecular flexibility index (Phi) is 4.94. The van der Waals surface area contributed by atoms with Crippen molar-refractivity contribution in [1.29, 1.82) is 0 Å². The van der Waals surface area contributed by atoms with Crippen LogP contribution in [0.3, 0.4) is 0 Å². The highest BCUT2D eigenvalue weighted by Crippen LogP contribution is 2.18. The van der Waals surface area contributed by atoms with Gasteiger partial charge in [0.25, 0.3) is 0 Å². The molecular weight excluding hydrogens is 208 g/mol. The van der Waals surface area contributed by atoms with E-state index in [9.17, 15) is 0 Å². The van der Waals surface area contributed by atoms with E-state index in [1.807, 2.05) is 6.92 Å². The number of nitrogens with one attached hydrogen (secondary N) is 1. The fraction of sp³-hybridized carbons (Fsp3) is 0.600. The first-order valence-corrected chi connectivity index (χ1v) is 5.16. The summed E-state index contributed by atoms with van der Waals surface area (Å²) in [6.45, 7) is 2.67. The summed E-state index contributed by atoms with van der Waals surface area (Å²) in [6, 6.07) is 0.203. The summed E-state index contributed by atoms with van der Waals surface area (Å²) in [5.41, 5.74) is 6.48. The maximum Gasteiger partial charge on any atom is 0.222 e. The van der Waals surface area contributed by atoms with Gasteiger partial charge in [-0.25, -0.2) is 9.97 Å². The highest BCUT2D eigenvalue weighted by atomic mass is 16.5. The van der Waals surface area contributed by atoms with Crippen molar-refractivity contribution in [2.24, 2.45) is 0 Å². The van der Waals surface area contributed by atoms with E-state index in [-0.39, 0.29) is 12.6 Å². The maximum absolute atomic E-state index is 8.78. The van der Waals surface area contributed by atoms with Gasteiger partial charge in [0.05, 0.1) is 12.7 Å². The minimum Gasteiger partial charge on any atom is -0.481 e. The summed E-state index contributed by atoms with van der Waals surface area (Å²) >= 11 is 0. The van der Waals surface area contributed by atoms with Gasteiger partial charge in [-0.05, 0) is 13.3 Å². The molecule has 0 saturated heterocycles. The molecule has 1 aromatic rings. The Bertz CT molecular complexity index is 333. The van der Waals surface area contributed by atoms with Gasteiger partial charge >= 0.3 is 0 Å². The Morgan fingerprint density at radius 3 is 2.94 bits per heavy atom. The van der Waals surface area contributed by atoms with Gasteiger partial charge in [0.15, 0.2) is 0 Å². The van der Waals surface area contributed by atoms with Crippen LogP contribution in [0.1, 0.15) is 18.9 Å². The monoisotopic (exact) mass is 226 g/mol. The van der Waals surface area contributed by atoms with Crippen molar-refractivity contribution in [3.05, 3.63) is 11.9 Å². The number of aliphatic hydroxyl groups is 1. The van der Waals surface area contributed by atoms with Crippen molar-refractivity contribution in [3.8, 4) is 5.88 Å². The number of nitrogen functional groups attached to an aromatic ring is 1. The lowest BCUT2D eigenvalue weighted by molar-refractivity contribution is 0.268. The maximum atomic E-state index is 8.78. The van der Waals surface area contributed by atoms with Gasteiger partial charge in [-0.2, -0.15) is 0 Å². The molecule has 6 heteroatoms. The molecule has 1 heterocycles. The number of hydrogen-bond acceptors (Lipinski definition) is 6. The number of hydrogen-bond donors (Lipinski definition) is 3. The molecule has 0 aliphatic heterocycles. The molecule has 4 N–H and O–H groups in total. The molecule has 1 rings (SSSR count). The first-order valence-electron chi connectivity index (χ1n) is 5.16. The molecule has 0 aromatic carbocycles. The zero-order chi connectivity index (χ0) is 12.0. The number of ether oxygens (including phenoxy) is 1. The fourth-order valence-electron chi connectivity index (χ4n) is 1.32. The van der Waals surface area contributed by atoms with Gasteiger partial charge in [0.2, 0.25) is 5.88 Å². The quantitative estimate of drug-likeness (QED) is 0.628. The number of anilines is 1. The SMILES string of the molecule is COc1ncnc(N)c1CN[C@H](C)CCO. The van der Waals surface area contributed by atoms with E-state index in [1.165, 1.54) is 6.33 Å². The number of rotatable bonds is 6. The molecule has 1 atom stereocenters. The molecule has 0 fully saturated rings. The summed E-state index contributed by atoms with van der Waals surface area (Å²) in [6.07, 6.45) is 2.06. The topological polar surface area (TPSA) is 93.3 Å². The summed E-state index contributed by atoms with van der Waals surface area (Å²) < 4.78 is 5.10. The molecule has 0 saturated carbocycles. The van der Waals surface area contributed by atoms with Crippen LogP contribution in [0.4, 0.5) is 5.82 Å². The van der Waals surface area contributed by atoms with Crippen LogP contribution in [0.5, 0.6) is 5.88 Å². The van der Waals surface area contributed by atoms with Crippen LogP contribution in [0.2, 0.25) is 0 Å². The second-order valence-corrected chi connectivity index (χ2v) is 3.54. The third-order valence-electron chi connectivity index (χ3n) is 2.32. The fourth-order valence-corrected chi connectivity index (χ4v) is 1.32. The van der Waals surface area contributed by atoms with Crippen molar-refractivity contribution in [2.75, 3.05) is 19.5 Å². The van der Waals surface area contributed by atoms with Crippen LogP contribution in [0.25, 0.3) is 0 Å². The molecule has 16 heavy (non-hydrogen) atoms. The normalized spacial score (nSPS) is 12.4. The first-order chi connectivity index (χ1) is 7.69. The van der Waals surface area contributed by atoms with Gasteiger partial charge in [0.1, 0.15) is 12.1 Å². The third-order valence-corrected chi connectivity index (χ3v) is 2.32. The number of nitrogens with two attached hydrogens (primary N) is 1. The van der Waals surface area contributed by atoms with Crippen LogP contribution in [-0.2, 0) is 6.54 Å². The minimum atomic E-state index is 0.159. The molecule has 0 unspecified atom stereocenters. The Labute approximate surface area is 94.9 Å². The van der Waals surface area contributed by atoms with Gasteiger partial charge < -0.3 is 20.9 Å². The zero-order valence-corrected chi connectivity index (χ0v) is 9.60. The molecule has 90 valence electrons. The van der Waals surface area contributed by atoms with Crippen LogP contribution in [0, 0.1) is 0 Å². The van der Waals surface area contributed by atoms with E-state index >= 15 is 0 Å². The van der Waals surface area contributed by atoms with E-state index < -0.39 is 0 Å². The Hall–Kier alpha value is -1.40. The number of aliphatic hydroxyl groups excluding tert-OH is 1. The summed E-state index contributed by atoms with van der Waals surface area (Å²) in [4.78, 5) is 7.89. The summed E-state index contributed by atoms with van der Waals surface area (Å²) in [7, 11) is 1.54. The lowest BCUT2D eigenvalue weighted by Gasteiger charge is -2.14. The molecule has 0 amide bonds. The predicted molar refractivity (Wildman–Crippen MR) is 61.0 cm³/mol. The van der Waals surface area contributed by atoms with Crippen LogP contribution in [-0.4, -0.2) is 34.8 Å². The van der Waals surface area contributed by atoms with E-state index in [1.54, 1.807) is 7.11 Å². The number of methoxy groups -OCH3 is 1. The largest absolute Gasteiger partial charge is 0.481 e. The van der Waals surface area contributed by atoms with Crippen molar-refractivity contribution in [3.63, 3.8) is 0 Å². The number of aromatic nitrogens is 2. The van der Waals surface area contributed by atoms with E-state index in [4.69, 9.17) is 15.6 Å². The van der Waals surface area contributed by atoms with Crippen LogP contribution >= 0.6 is 0 Å². The molecule has 0 spiro atoms.